The fraction of sp³-hybridized carbons (Fsp3) is 0.333. The van der Waals surface area contributed by atoms with Crippen LogP contribution in [0.15, 0.2) is 29.1 Å². The van der Waals surface area contributed by atoms with E-state index in [-0.39, 0.29) is 0 Å². The highest BCUT2D eigenvalue weighted by Gasteiger charge is 2.23. The Hall–Kier alpha value is -1.96. The summed E-state index contributed by atoms with van der Waals surface area (Å²) in [6.45, 7) is 3.25. The lowest BCUT2D eigenvalue weighted by Crippen LogP contribution is -2.46. The van der Waals surface area contributed by atoms with E-state index in [1.54, 1.807) is 28.9 Å². The first-order valence-corrected chi connectivity index (χ1v) is 10.1. The highest BCUT2D eigenvalue weighted by molar-refractivity contribution is 7.23. The summed E-state index contributed by atoms with van der Waals surface area (Å²) < 4.78 is 0.905. The zero-order valence-electron chi connectivity index (χ0n) is 13.9. The number of pyridine rings is 1. The Balaban J connectivity index is 1.79. The van der Waals surface area contributed by atoms with Crippen molar-refractivity contribution in [1.82, 2.24) is 10.3 Å². The van der Waals surface area contributed by atoms with Crippen LogP contribution >= 0.6 is 22.7 Å². The highest BCUT2D eigenvalue weighted by Crippen LogP contribution is 2.39. The van der Waals surface area contributed by atoms with Gasteiger partial charge in [0.25, 0.3) is 5.91 Å². The van der Waals surface area contributed by atoms with Crippen molar-refractivity contribution in [2.24, 2.45) is 5.73 Å². The number of rotatable bonds is 4. The maximum absolute atomic E-state index is 11.8. The molecule has 1 amide bonds. The van der Waals surface area contributed by atoms with E-state index in [0.717, 1.165) is 40.2 Å². The molecule has 1 aliphatic heterocycles. The average molecular weight is 373 g/mol. The summed E-state index contributed by atoms with van der Waals surface area (Å²) >= 11 is 3.26. The van der Waals surface area contributed by atoms with Gasteiger partial charge in [0.2, 0.25) is 0 Å². The number of nitrogens with zero attached hydrogens (tertiary/aromatic N) is 1. The number of hydrogen-bond donors (Lipinski definition) is 3. The fourth-order valence-corrected chi connectivity index (χ4v) is 5.18. The first-order chi connectivity index (χ1) is 12.1. The van der Waals surface area contributed by atoms with E-state index in [4.69, 9.17) is 5.73 Å². The van der Waals surface area contributed by atoms with E-state index in [1.807, 2.05) is 0 Å². The van der Waals surface area contributed by atoms with E-state index in [9.17, 15) is 4.79 Å². The third-order valence-electron chi connectivity index (χ3n) is 4.71. The average Bonchev–Trinajstić information content (AvgIpc) is 3.26. The molecular formula is C18H20N4OS2. The number of fused-ring (bicyclic) bond motifs is 1. The third-order valence-corrected chi connectivity index (χ3v) is 6.61. The largest absolute Gasteiger partial charge is 0.366 e. The van der Waals surface area contributed by atoms with Crippen LogP contribution in [0.4, 0.5) is 5.82 Å². The van der Waals surface area contributed by atoms with Crippen molar-refractivity contribution in [3.8, 4) is 10.4 Å². The molecule has 0 radical (unpaired) electrons. The number of thiophene rings is 2. The van der Waals surface area contributed by atoms with Crippen LogP contribution in [0, 0.1) is 0 Å². The SMILES string of the molecule is CC1NCCCC1Nc1ncc(C(N)=O)c2sc(-c3ccsc3)cc12. The van der Waals surface area contributed by atoms with Crippen molar-refractivity contribution < 1.29 is 4.79 Å². The highest BCUT2D eigenvalue weighted by atomic mass is 32.1. The molecule has 0 saturated carbocycles. The number of hydrogen-bond acceptors (Lipinski definition) is 6. The maximum atomic E-state index is 11.8. The van der Waals surface area contributed by atoms with Crippen LogP contribution in [0.5, 0.6) is 0 Å². The molecule has 0 spiro atoms. The Morgan fingerprint density at radius 1 is 1.48 bits per heavy atom. The smallest absolute Gasteiger partial charge is 0.251 e. The topological polar surface area (TPSA) is 80.0 Å². The van der Waals surface area contributed by atoms with Crippen LogP contribution in [0.2, 0.25) is 0 Å². The third kappa shape index (κ3) is 3.15. The molecule has 0 bridgehead atoms. The molecule has 4 rings (SSSR count). The normalized spacial score (nSPS) is 20.7. The van der Waals surface area contributed by atoms with Crippen LogP contribution in [-0.2, 0) is 0 Å². The van der Waals surface area contributed by atoms with Gasteiger partial charge in [-0.2, -0.15) is 11.3 Å². The minimum absolute atomic E-state index is 0.327. The summed E-state index contributed by atoms with van der Waals surface area (Å²) in [5, 5.41) is 12.2. The van der Waals surface area contributed by atoms with Crippen LogP contribution in [0.1, 0.15) is 30.1 Å². The molecule has 5 nitrogen and oxygen atoms in total. The Morgan fingerprint density at radius 2 is 2.36 bits per heavy atom. The number of piperidine rings is 1. The van der Waals surface area contributed by atoms with Gasteiger partial charge in [-0.05, 0) is 49.2 Å². The molecule has 2 unspecified atom stereocenters. The molecule has 0 aromatic carbocycles. The Morgan fingerprint density at radius 3 is 3.08 bits per heavy atom. The van der Waals surface area contributed by atoms with Gasteiger partial charge in [0.05, 0.1) is 10.3 Å². The molecule has 4 heterocycles. The standard InChI is InChI=1S/C18H20N4OS2/c1-10-14(3-2-5-20-10)22-18-12-7-15(11-4-6-24-9-11)25-16(12)13(8-21-18)17(19)23/h4,6-10,14,20H,2-3,5H2,1H3,(H2,19,23)(H,21,22). The summed E-state index contributed by atoms with van der Waals surface area (Å²) in [5.41, 5.74) is 7.22. The fourth-order valence-electron chi connectivity index (χ4n) is 3.28. The first-order valence-electron chi connectivity index (χ1n) is 8.38. The van der Waals surface area contributed by atoms with E-state index in [2.05, 4.69) is 45.4 Å². The maximum Gasteiger partial charge on any atom is 0.251 e. The molecule has 4 N–H and O–H groups in total. The van der Waals surface area contributed by atoms with Crippen molar-refractivity contribution in [3.63, 3.8) is 0 Å². The number of carbonyl (C=O) groups is 1. The molecule has 3 aromatic rings. The molecule has 1 fully saturated rings. The molecule has 25 heavy (non-hydrogen) atoms. The van der Waals surface area contributed by atoms with Crippen molar-refractivity contribution in [2.75, 3.05) is 11.9 Å². The van der Waals surface area contributed by atoms with E-state index in [1.165, 1.54) is 5.56 Å². The van der Waals surface area contributed by atoms with Gasteiger partial charge in [-0.25, -0.2) is 4.98 Å². The van der Waals surface area contributed by atoms with Crippen LogP contribution in [-0.4, -0.2) is 29.5 Å². The molecule has 3 aromatic heterocycles. The van der Waals surface area contributed by atoms with Gasteiger partial charge in [-0.1, -0.05) is 0 Å². The van der Waals surface area contributed by atoms with E-state index in [0.29, 0.717) is 17.6 Å². The van der Waals surface area contributed by atoms with Crippen molar-refractivity contribution >= 4 is 44.5 Å². The van der Waals surface area contributed by atoms with Crippen molar-refractivity contribution in [1.29, 1.82) is 0 Å². The minimum atomic E-state index is -0.435. The monoisotopic (exact) mass is 372 g/mol. The number of primary amides is 1. The first kappa shape index (κ1) is 16.5. The Kier molecular flexibility index (Phi) is 4.45. The van der Waals surface area contributed by atoms with Crippen molar-refractivity contribution in [3.05, 3.63) is 34.7 Å². The lowest BCUT2D eigenvalue weighted by molar-refractivity contribution is 0.100. The van der Waals surface area contributed by atoms with Crippen molar-refractivity contribution in [2.45, 2.75) is 31.8 Å². The quantitative estimate of drug-likeness (QED) is 0.653. The number of nitrogens with two attached hydrogens (primary N) is 1. The summed E-state index contributed by atoms with van der Waals surface area (Å²) in [4.78, 5) is 17.5. The number of amides is 1. The summed E-state index contributed by atoms with van der Waals surface area (Å²) in [6, 6.07) is 4.92. The molecule has 1 saturated heterocycles. The molecule has 2 atom stereocenters. The molecule has 130 valence electrons. The Bertz CT molecular complexity index is 903. The summed E-state index contributed by atoms with van der Waals surface area (Å²) in [6.07, 6.45) is 3.85. The molecule has 7 heteroatoms. The molecule has 1 aliphatic rings. The second kappa shape index (κ2) is 6.74. The van der Waals surface area contributed by atoms with Gasteiger partial charge < -0.3 is 16.4 Å². The van der Waals surface area contributed by atoms with Gasteiger partial charge in [0.1, 0.15) is 5.82 Å². The second-order valence-electron chi connectivity index (χ2n) is 6.39. The molecule has 0 aliphatic carbocycles. The zero-order chi connectivity index (χ0) is 17.4. The predicted molar refractivity (Wildman–Crippen MR) is 106 cm³/mol. The number of aromatic nitrogens is 1. The number of carbonyl (C=O) groups excluding carboxylic acids is 1. The van der Waals surface area contributed by atoms with Crippen LogP contribution in [0.3, 0.4) is 0 Å². The van der Waals surface area contributed by atoms with Gasteiger partial charge in [0, 0.05) is 34.1 Å². The lowest BCUT2D eigenvalue weighted by atomic mass is 10.00. The minimum Gasteiger partial charge on any atom is -0.366 e. The lowest BCUT2D eigenvalue weighted by Gasteiger charge is -2.31. The van der Waals surface area contributed by atoms with Gasteiger partial charge in [-0.3, -0.25) is 4.79 Å². The number of nitrogens with one attached hydrogen (secondary N) is 2. The van der Waals surface area contributed by atoms with Gasteiger partial charge >= 0.3 is 0 Å². The van der Waals surface area contributed by atoms with Gasteiger partial charge in [-0.15, -0.1) is 11.3 Å². The number of anilines is 1. The van der Waals surface area contributed by atoms with E-state index >= 15 is 0 Å². The predicted octanol–water partition coefficient (Wildman–Crippen LogP) is 3.68. The summed E-state index contributed by atoms with van der Waals surface area (Å²) in [5.74, 6) is 0.397. The Labute approximate surface area is 154 Å². The van der Waals surface area contributed by atoms with Crippen LogP contribution < -0.4 is 16.4 Å². The van der Waals surface area contributed by atoms with Crippen LogP contribution in [0.25, 0.3) is 20.5 Å². The summed E-state index contributed by atoms with van der Waals surface area (Å²) in [7, 11) is 0. The van der Waals surface area contributed by atoms with Gasteiger partial charge in [0.15, 0.2) is 0 Å². The second-order valence-corrected chi connectivity index (χ2v) is 8.22. The van der Waals surface area contributed by atoms with E-state index < -0.39 is 5.91 Å². The zero-order valence-corrected chi connectivity index (χ0v) is 15.5. The molecular weight excluding hydrogens is 352 g/mol.